The van der Waals surface area contributed by atoms with Crippen LogP contribution >= 0.6 is 11.8 Å². The Kier molecular flexibility index (Phi) is 8.55. The van der Waals surface area contributed by atoms with Crippen LogP contribution in [0.5, 0.6) is 17.2 Å². The molecule has 1 heterocycles. The van der Waals surface area contributed by atoms with Crippen LogP contribution in [0.4, 0.5) is 4.39 Å². The molecule has 1 N–H and O–H groups in total. The van der Waals surface area contributed by atoms with Crippen molar-refractivity contribution in [2.24, 2.45) is 0 Å². The lowest BCUT2D eigenvalue weighted by Gasteiger charge is -2.29. The number of amides is 2. The average Bonchev–Trinajstić information content (AvgIpc) is 3.37. The molecule has 0 bridgehead atoms. The van der Waals surface area contributed by atoms with Crippen molar-refractivity contribution >= 4 is 23.6 Å². The number of methoxy groups -OCH3 is 3. The van der Waals surface area contributed by atoms with Crippen molar-refractivity contribution in [3.63, 3.8) is 0 Å². The van der Waals surface area contributed by atoms with Crippen molar-refractivity contribution in [2.75, 3.05) is 33.6 Å². The molecule has 2 unspecified atom stereocenters. The van der Waals surface area contributed by atoms with Gasteiger partial charge in [-0.1, -0.05) is 42.5 Å². The second-order valence-electron chi connectivity index (χ2n) is 8.41. The van der Waals surface area contributed by atoms with Gasteiger partial charge in [-0.25, -0.2) is 4.39 Å². The largest absolute Gasteiger partial charge is 0.493 e. The third kappa shape index (κ3) is 5.83. The molecule has 2 amide bonds. The summed E-state index contributed by atoms with van der Waals surface area (Å²) < 4.78 is 30.3. The normalized spacial score (nSPS) is 16.8. The lowest BCUT2D eigenvalue weighted by Crippen LogP contribution is -2.48. The number of halogens is 1. The van der Waals surface area contributed by atoms with Crippen molar-refractivity contribution in [1.29, 1.82) is 0 Å². The van der Waals surface area contributed by atoms with E-state index in [1.165, 1.54) is 50.1 Å². The van der Waals surface area contributed by atoms with Crippen LogP contribution in [-0.2, 0) is 11.2 Å². The maximum atomic E-state index is 14.1. The first-order chi connectivity index (χ1) is 18.0. The zero-order chi connectivity index (χ0) is 26.4. The second kappa shape index (κ2) is 12.0. The summed E-state index contributed by atoms with van der Waals surface area (Å²) in [6.45, 7) is 0.431. The molecule has 0 saturated carbocycles. The van der Waals surface area contributed by atoms with E-state index in [9.17, 15) is 14.0 Å². The molecule has 7 nitrogen and oxygen atoms in total. The third-order valence-electron chi connectivity index (χ3n) is 6.14. The molecule has 0 aromatic heterocycles. The number of rotatable bonds is 9. The summed E-state index contributed by atoms with van der Waals surface area (Å²) in [5.41, 5.74) is 1.97. The smallest absolute Gasteiger partial charge is 0.256 e. The number of hydrogen-bond acceptors (Lipinski definition) is 6. The van der Waals surface area contributed by atoms with Gasteiger partial charge in [0.05, 0.1) is 21.3 Å². The lowest BCUT2D eigenvalue weighted by atomic mass is 10.1. The minimum Gasteiger partial charge on any atom is -0.493 e. The van der Waals surface area contributed by atoms with Gasteiger partial charge in [0.2, 0.25) is 11.7 Å². The zero-order valence-corrected chi connectivity index (χ0v) is 21.7. The summed E-state index contributed by atoms with van der Waals surface area (Å²) in [6, 6.07) is 18.3. The Morgan fingerprint density at radius 3 is 2.30 bits per heavy atom. The van der Waals surface area contributed by atoms with E-state index in [2.05, 4.69) is 5.32 Å². The zero-order valence-electron chi connectivity index (χ0n) is 20.9. The van der Waals surface area contributed by atoms with Gasteiger partial charge < -0.3 is 24.4 Å². The number of benzene rings is 3. The van der Waals surface area contributed by atoms with Crippen molar-refractivity contribution < 1.29 is 28.2 Å². The van der Waals surface area contributed by atoms with Crippen LogP contribution < -0.4 is 19.5 Å². The molecule has 9 heteroatoms. The molecule has 3 aromatic carbocycles. The van der Waals surface area contributed by atoms with Crippen LogP contribution in [0.25, 0.3) is 0 Å². The van der Waals surface area contributed by atoms with Gasteiger partial charge in [-0.05, 0) is 41.8 Å². The standard InChI is InChI=1S/C28H29FN2O5S/c1-34-23-15-20(16-24(35-2)25(23)36-3)27(33)31-22(17-37-28(31)19-10-7-11-21(29)14-19)26(32)30-13-12-18-8-5-4-6-9-18/h4-11,14-16,22,28H,12-13,17H2,1-3H3,(H,30,32). The quantitative estimate of drug-likeness (QED) is 0.445. The summed E-state index contributed by atoms with van der Waals surface area (Å²) in [5, 5.41) is 2.42. The molecule has 1 aliphatic heterocycles. The van der Waals surface area contributed by atoms with E-state index >= 15 is 0 Å². The van der Waals surface area contributed by atoms with Crippen molar-refractivity contribution in [3.8, 4) is 17.2 Å². The van der Waals surface area contributed by atoms with Gasteiger partial charge in [0.1, 0.15) is 17.2 Å². The number of thioether (sulfide) groups is 1. The number of carbonyl (C=O) groups is 2. The molecule has 0 aliphatic carbocycles. The molecule has 1 aliphatic rings. The Morgan fingerprint density at radius 1 is 0.973 bits per heavy atom. The van der Waals surface area contributed by atoms with Crippen LogP contribution in [0, 0.1) is 5.82 Å². The highest BCUT2D eigenvalue weighted by molar-refractivity contribution is 7.99. The molecule has 4 rings (SSSR count). The first-order valence-electron chi connectivity index (χ1n) is 11.8. The Hall–Kier alpha value is -3.72. The summed E-state index contributed by atoms with van der Waals surface area (Å²) >= 11 is 1.42. The summed E-state index contributed by atoms with van der Waals surface area (Å²) in [4.78, 5) is 28.8. The Morgan fingerprint density at radius 2 is 1.68 bits per heavy atom. The molecule has 37 heavy (non-hydrogen) atoms. The average molecular weight is 525 g/mol. The summed E-state index contributed by atoms with van der Waals surface area (Å²) in [5.74, 6) is 0.300. The fourth-order valence-electron chi connectivity index (χ4n) is 4.32. The summed E-state index contributed by atoms with van der Waals surface area (Å²) in [6.07, 6.45) is 0.667. The van der Waals surface area contributed by atoms with Gasteiger partial charge in [0.25, 0.3) is 5.91 Å². The van der Waals surface area contributed by atoms with Gasteiger partial charge in [0.15, 0.2) is 11.5 Å². The molecule has 1 saturated heterocycles. The molecule has 194 valence electrons. The molecule has 0 radical (unpaired) electrons. The number of nitrogens with zero attached hydrogens (tertiary/aromatic N) is 1. The molecular weight excluding hydrogens is 495 g/mol. The molecule has 0 spiro atoms. The van der Waals surface area contributed by atoms with Crippen molar-refractivity contribution in [1.82, 2.24) is 10.2 Å². The van der Waals surface area contributed by atoms with E-state index in [0.29, 0.717) is 41.5 Å². The van der Waals surface area contributed by atoms with Crippen LogP contribution in [0.1, 0.15) is 26.9 Å². The van der Waals surface area contributed by atoms with Gasteiger partial charge in [-0.3, -0.25) is 9.59 Å². The Bertz CT molecular complexity index is 1230. The Labute approximate surface area is 219 Å². The topological polar surface area (TPSA) is 77.1 Å². The van der Waals surface area contributed by atoms with E-state index < -0.39 is 23.1 Å². The fraction of sp³-hybridized carbons (Fsp3) is 0.286. The van der Waals surface area contributed by atoms with Crippen molar-refractivity contribution in [3.05, 3.63) is 89.2 Å². The molecule has 1 fully saturated rings. The maximum Gasteiger partial charge on any atom is 0.256 e. The molecule has 2 atom stereocenters. The SMILES string of the molecule is COc1cc(C(=O)N2C(C(=O)NCCc3ccccc3)CSC2c2cccc(F)c2)cc(OC)c1OC. The Balaban J connectivity index is 1.64. The van der Waals surface area contributed by atoms with Crippen LogP contribution in [0.2, 0.25) is 0 Å². The highest BCUT2D eigenvalue weighted by Crippen LogP contribution is 2.44. The van der Waals surface area contributed by atoms with Crippen LogP contribution in [0.3, 0.4) is 0 Å². The third-order valence-corrected chi connectivity index (χ3v) is 7.46. The van der Waals surface area contributed by atoms with E-state index in [0.717, 1.165) is 5.56 Å². The fourth-order valence-corrected chi connectivity index (χ4v) is 5.74. The molecule has 3 aromatic rings. The maximum absolute atomic E-state index is 14.1. The van der Waals surface area contributed by atoms with E-state index in [1.54, 1.807) is 24.3 Å². The lowest BCUT2D eigenvalue weighted by molar-refractivity contribution is -0.124. The predicted octanol–water partition coefficient (Wildman–Crippen LogP) is 4.47. The second-order valence-corrected chi connectivity index (χ2v) is 9.52. The van der Waals surface area contributed by atoms with Gasteiger partial charge in [-0.15, -0.1) is 11.8 Å². The van der Waals surface area contributed by atoms with E-state index in [-0.39, 0.29) is 11.5 Å². The van der Waals surface area contributed by atoms with Gasteiger partial charge >= 0.3 is 0 Å². The van der Waals surface area contributed by atoms with Crippen molar-refractivity contribution in [2.45, 2.75) is 17.8 Å². The van der Waals surface area contributed by atoms with Crippen LogP contribution in [0.15, 0.2) is 66.7 Å². The van der Waals surface area contributed by atoms with Gasteiger partial charge in [-0.2, -0.15) is 0 Å². The number of hydrogen-bond donors (Lipinski definition) is 1. The first kappa shape index (κ1) is 26.3. The number of ether oxygens (including phenoxy) is 3. The van der Waals surface area contributed by atoms with Gasteiger partial charge in [0, 0.05) is 17.9 Å². The highest BCUT2D eigenvalue weighted by atomic mass is 32.2. The highest BCUT2D eigenvalue weighted by Gasteiger charge is 2.43. The van der Waals surface area contributed by atoms with E-state index in [4.69, 9.17) is 14.2 Å². The van der Waals surface area contributed by atoms with E-state index in [1.807, 2.05) is 30.3 Å². The predicted molar refractivity (Wildman–Crippen MR) is 141 cm³/mol. The minimum absolute atomic E-state index is 0.261. The minimum atomic E-state index is -0.749. The first-order valence-corrected chi connectivity index (χ1v) is 12.8. The summed E-state index contributed by atoms with van der Waals surface area (Å²) in [7, 11) is 4.42. The molecular formula is C28H29FN2O5S. The number of carbonyl (C=O) groups excluding carboxylic acids is 2. The number of nitrogens with one attached hydrogen (secondary N) is 1. The van der Waals surface area contributed by atoms with Crippen LogP contribution in [-0.4, -0.2) is 56.4 Å². The monoisotopic (exact) mass is 524 g/mol.